The summed E-state index contributed by atoms with van der Waals surface area (Å²) in [6.07, 6.45) is 3.50. The van der Waals surface area contributed by atoms with Gasteiger partial charge in [0.05, 0.1) is 0 Å². The van der Waals surface area contributed by atoms with Crippen LogP contribution in [0.1, 0.15) is 37.8 Å². The van der Waals surface area contributed by atoms with E-state index in [0.29, 0.717) is 12.5 Å². The predicted octanol–water partition coefficient (Wildman–Crippen LogP) is 2.75. The van der Waals surface area contributed by atoms with Gasteiger partial charge < -0.3 is 10.4 Å². The zero-order valence-corrected chi connectivity index (χ0v) is 11.6. The second-order valence-electron chi connectivity index (χ2n) is 6.18. The lowest BCUT2D eigenvalue weighted by Gasteiger charge is -2.13. The Bertz CT molecular complexity index is 365. The molecule has 2 N–H and O–H groups in total. The highest BCUT2D eigenvalue weighted by Crippen LogP contribution is 2.44. The molecule has 18 heavy (non-hydrogen) atoms. The summed E-state index contributed by atoms with van der Waals surface area (Å²) < 4.78 is 0. The van der Waals surface area contributed by atoms with E-state index in [1.807, 2.05) is 0 Å². The highest BCUT2D eigenvalue weighted by Gasteiger charge is 2.41. The van der Waals surface area contributed by atoms with Gasteiger partial charge in [-0.05, 0) is 36.3 Å². The van der Waals surface area contributed by atoms with Crippen LogP contribution >= 0.6 is 0 Å². The Labute approximate surface area is 110 Å². The van der Waals surface area contributed by atoms with E-state index in [4.69, 9.17) is 0 Å². The SMILES string of the molecule is CC(C)Cc1ccc(CNCC2(CO)CC2)cc1. The summed E-state index contributed by atoms with van der Waals surface area (Å²) in [7, 11) is 0. The number of rotatable bonds is 7. The standard InChI is InChI=1S/C16H25NO/c1-13(2)9-14-3-5-15(6-4-14)10-17-11-16(12-18)7-8-16/h3-6,13,17-18H,7-12H2,1-2H3. The maximum atomic E-state index is 9.23. The van der Waals surface area contributed by atoms with Crippen LogP contribution in [0.15, 0.2) is 24.3 Å². The fourth-order valence-electron chi connectivity index (χ4n) is 2.30. The summed E-state index contributed by atoms with van der Waals surface area (Å²) in [5.41, 5.74) is 2.96. The van der Waals surface area contributed by atoms with Gasteiger partial charge >= 0.3 is 0 Å². The van der Waals surface area contributed by atoms with Gasteiger partial charge in [0, 0.05) is 25.1 Å². The van der Waals surface area contributed by atoms with E-state index in [0.717, 1.165) is 19.5 Å². The lowest BCUT2D eigenvalue weighted by molar-refractivity contribution is 0.207. The molecule has 2 rings (SSSR count). The molecular formula is C16H25NO. The number of benzene rings is 1. The molecule has 0 heterocycles. The highest BCUT2D eigenvalue weighted by molar-refractivity contribution is 5.22. The number of aliphatic hydroxyl groups excluding tert-OH is 1. The minimum absolute atomic E-state index is 0.206. The third-order valence-electron chi connectivity index (χ3n) is 3.79. The molecule has 2 nitrogen and oxygen atoms in total. The molecule has 0 aliphatic heterocycles. The molecule has 2 heteroatoms. The van der Waals surface area contributed by atoms with Crippen molar-refractivity contribution in [3.63, 3.8) is 0 Å². The van der Waals surface area contributed by atoms with Crippen LogP contribution in [0.3, 0.4) is 0 Å². The van der Waals surface area contributed by atoms with Crippen molar-refractivity contribution in [2.45, 2.75) is 39.7 Å². The average molecular weight is 247 g/mol. The molecule has 0 aromatic heterocycles. The van der Waals surface area contributed by atoms with Crippen LogP contribution in [0, 0.1) is 11.3 Å². The topological polar surface area (TPSA) is 32.3 Å². The molecule has 1 aromatic rings. The van der Waals surface area contributed by atoms with Gasteiger partial charge in [0.2, 0.25) is 0 Å². The molecular weight excluding hydrogens is 222 g/mol. The Morgan fingerprint density at radius 2 is 1.78 bits per heavy atom. The highest BCUT2D eigenvalue weighted by atomic mass is 16.3. The molecule has 0 radical (unpaired) electrons. The van der Waals surface area contributed by atoms with Gasteiger partial charge in [-0.15, -0.1) is 0 Å². The first-order chi connectivity index (χ1) is 8.63. The van der Waals surface area contributed by atoms with E-state index in [-0.39, 0.29) is 5.41 Å². The molecule has 0 amide bonds. The summed E-state index contributed by atoms with van der Waals surface area (Å²) in [6.45, 7) is 6.67. The number of nitrogens with one attached hydrogen (secondary N) is 1. The molecule has 1 aliphatic carbocycles. The summed E-state index contributed by atoms with van der Waals surface area (Å²) >= 11 is 0. The van der Waals surface area contributed by atoms with Gasteiger partial charge in [-0.25, -0.2) is 0 Å². The smallest absolute Gasteiger partial charge is 0.0499 e. The first-order valence-corrected chi connectivity index (χ1v) is 7.03. The molecule has 0 bridgehead atoms. The third-order valence-corrected chi connectivity index (χ3v) is 3.79. The predicted molar refractivity (Wildman–Crippen MR) is 75.4 cm³/mol. The first kappa shape index (κ1) is 13.6. The van der Waals surface area contributed by atoms with Crippen LogP contribution in [-0.2, 0) is 13.0 Å². The van der Waals surface area contributed by atoms with Crippen LogP contribution < -0.4 is 5.32 Å². The normalized spacial score (nSPS) is 17.1. The molecule has 100 valence electrons. The fourth-order valence-corrected chi connectivity index (χ4v) is 2.30. The van der Waals surface area contributed by atoms with Gasteiger partial charge in [-0.2, -0.15) is 0 Å². The van der Waals surface area contributed by atoms with E-state index in [9.17, 15) is 5.11 Å². The van der Waals surface area contributed by atoms with Crippen molar-refractivity contribution in [3.8, 4) is 0 Å². The van der Waals surface area contributed by atoms with E-state index < -0.39 is 0 Å². The second-order valence-corrected chi connectivity index (χ2v) is 6.18. The first-order valence-electron chi connectivity index (χ1n) is 7.03. The van der Waals surface area contributed by atoms with Gasteiger partial charge in [-0.3, -0.25) is 0 Å². The summed E-state index contributed by atoms with van der Waals surface area (Å²) in [5.74, 6) is 0.716. The van der Waals surface area contributed by atoms with E-state index in [1.54, 1.807) is 0 Å². The zero-order chi connectivity index (χ0) is 13.0. The lowest BCUT2D eigenvalue weighted by atomic mass is 10.0. The van der Waals surface area contributed by atoms with Crippen molar-refractivity contribution in [3.05, 3.63) is 35.4 Å². The minimum atomic E-state index is 0.206. The molecule has 1 aromatic carbocycles. The van der Waals surface area contributed by atoms with Crippen molar-refractivity contribution in [1.82, 2.24) is 5.32 Å². The minimum Gasteiger partial charge on any atom is -0.396 e. The molecule has 1 aliphatic rings. The number of hydrogen-bond donors (Lipinski definition) is 2. The quantitative estimate of drug-likeness (QED) is 0.776. The Morgan fingerprint density at radius 3 is 2.28 bits per heavy atom. The van der Waals surface area contributed by atoms with Crippen LogP contribution in [0.2, 0.25) is 0 Å². The van der Waals surface area contributed by atoms with Crippen LogP contribution in [0.25, 0.3) is 0 Å². The Hall–Kier alpha value is -0.860. The van der Waals surface area contributed by atoms with Crippen molar-refractivity contribution < 1.29 is 5.11 Å². The van der Waals surface area contributed by atoms with Gasteiger partial charge in [0.1, 0.15) is 0 Å². The van der Waals surface area contributed by atoms with E-state index in [2.05, 4.69) is 43.4 Å². The van der Waals surface area contributed by atoms with E-state index in [1.165, 1.54) is 24.0 Å². The van der Waals surface area contributed by atoms with Crippen molar-refractivity contribution in [1.29, 1.82) is 0 Å². The van der Waals surface area contributed by atoms with Crippen molar-refractivity contribution in [2.24, 2.45) is 11.3 Å². The molecule has 1 fully saturated rings. The maximum Gasteiger partial charge on any atom is 0.0499 e. The second kappa shape index (κ2) is 5.85. The van der Waals surface area contributed by atoms with Crippen molar-refractivity contribution in [2.75, 3.05) is 13.2 Å². The van der Waals surface area contributed by atoms with Crippen molar-refractivity contribution >= 4 is 0 Å². The van der Waals surface area contributed by atoms with Crippen LogP contribution in [0.4, 0.5) is 0 Å². The molecule has 0 atom stereocenters. The summed E-state index contributed by atoms with van der Waals surface area (Å²) in [6, 6.07) is 8.89. The van der Waals surface area contributed by atoms with Gasteiger partial charge in [0.15, 0.2) is 0 Å². The molecule has 0 spiro atoms. The fraction of sp³-hybridized carbons (Fsp3) is 0.625. The maximum absolute atomic E-state index is 9.23. The monoisotopic (exact) mass is 247 g/mol. The molecule has 0 saturated heterocycles. The Morgan fingerprint density at radius 1 is 1.17 bits per heavy atom. The lowest BCUT2D eigenvalue weighted by Crippen LogP contribution is -2.26. The molecule has 1 saturated carbocycles. The third kappa shape index (κ3) is 3.82. The average Bonchev–Trinajstić information content (AvgIpc) is 3.11. The van der Waals surface area contributed by atoms with Gasteiger partial charge in [0.25, 0.3) is 0 Å². The van der Waals surface area contributed by atoms with Crippen LogP contribution in [-0.4, -0.2) is 18.3 Å². The Kier molecular flexibility index (Phi) is 4.41. The Balaban J connectivity index is 1.76. The van der Waals surface area contributed by atoms with E-state index >= 15 is 0 Å². The number of aliphatic hydroxyl groups is 1. The zero-order valence-electron chi connectivity index (χ0n) is 11.6. The number of hydrogen-bond acceptors (Lipinski definition) is 2. The summed E-state index contributed by atoms with van der Waals surface area (Å²) in [4.78, 5) is 0. The van der Waals surface area contributed by atoms with Gasteiger partial charge in [-0.1, -0.05) is 38.1 Å². The molecule has 0 unspecified atom stereocenters. The summed E-state index contributed by atoms with van der Waals surface area (Å²) in [5, 5.41) is 12.7. The van der Waals surface area contributed by atoms with Crippen LogP contribution in [0.5, 0.6) is 0 Å². The largest absolute Gasteiger partial charge is 0.396 e.